The number of carbonyl (C=O) groups is 1. The monoisotopic (exact) mass is 268 g/mol. The number of rotatable bonds is 7. The zero-order valence-corrected chi connectivity index (χ0v) is 11.5. The van der Waals surface area contributed by atoms with Crippen LogP contribution in [-0.2, 0) is 4.74 Å². The van der Waals surface area contributed by atoms with Crippen LogP contribution in [-0.4, -0.2) is 40.4 Å². The van der Waals surface area contributed by atoms with Crippen LogP contribution in [0.5, 0.6) is 11.5 Å². The largest absolute Gasteiger partial charge is 0.497 e. The van der Waals surface area contributed by atoms with Crippen LogP contribution in [0.25, 0.3) is 0 Å². The number of nitrogens with two attached hydrogens (primary N) is 1. The van der Waals surface area contributed by atoms with Crippen molar-refractivity contribution in [2.24, 2.45) is 0 Å². The molecule has 0 fully saturated rings. The van der Waals surface area contributed by atoms with Crippen LogP contribution < -0.4 is 20.5 Å². The number of methoxy groups -OCH3 is 3. The average Bonchev–Trinajstić information content (AvgIpc) is 2.43. The van der Waals surface area contributed by atoms with E-state index >= 15 is 0 Å². The Bertz CT molecular complexity index is 435. The second-order valence-electron chi connectivity index (χ2n) is 3.89. The van der Waals surface area contributed by atoms with Crippen LogP contribution in [0, 0.1) is 0 Å². The maximum absolute atomic E-state index is 12.0. The van der Waals surface area contributed by atoms with E-state index in [0.717, 1.165) is 6.42 Å². The highest BCUT2D eigenvalue weighted by Gasteiger charge is 2.15. The molecule has 0 aliphatic rings. The molecule has 1 amide bonds. The third-order valence-electron chi connectivity index (χ3n) is 2.63. The molecule has 0 atom stereocenters. The molecular formula is C13H20N2O4. The van der Waals surface area contributed by atoms with Gasteiger partial charge in [-0.3, -0.25) is 4.79 Å². The Labute approximate surface area is 112 Å². The van der Waals surface area contributed by atoms with E-state index in [4.69, 9.17) is 19.9 Å². The van der Waals surface area contributed by atoms with E-state index in [2.05, 4.69) is 5.32 Å². The van der Waals surface area contributed by atoms with Crippen LogP contribution in [0.4, 0.5) is 5.69 Å². The first-order valence-corrected chi connectivity index (χ1v) is 5.92. The molecule has 1 aromatic rings. The van der Waals surface area contributed by atoms with Gasteiger partial charge in [-0.15, -0.1) is 0 Å². The van der Waals surface area contributed by atoms with Crippen molar-refractivity contribution in [2.75, 3.05) is 40.2 Å². The SMILES string of the molecule is COCCCNC(=O)c1cc(OC)cc(OC)c1N. The van der Waals surface area contributed by atoms with Gasteiger partial charge in [0.25, 0.3) is 5.91 Å². The first-order valence-electron chi connectivity index (χ1n) is 5.92. The lowest BCUT2D eigenvalue weighted by Crippen LogP contribution is -2.26. The molecule has 19 heavy (non-hydrogen) atoms. The van der Waals surface area contributed by atoms with Crippen LogP contribution in [0.1, 0.15) is 16.8 Å². The zero-order chi connectivity index (χ0) is 14.3. The average molecular weight is 268 g/mol. The van der Waals surface area contributed by atoms with Gasteiger partial charge < -0.3 is 25.3 Å². The predicted molar refractivity (Wildman–Crippen MR) is 72.8 cm³/mol. The number of benzene rings is 1. The van der Waals surface area contributed by atoms with Crippen molar-refractivity contribution >= 4 is 11.6 Å². The second-order valence-corrected chi connectivity index (χ2v) is 3.89. The molecule has 0 spiro atoms. The maximum atomic E-state index is 12.0. The molecule has 3 N–H and O–H groups in total. The van der Waals surface area contributed by atoms with Gasteiger partial charge >= 0.3 is 0 Å². The Morgan fingerprint density at radius 3 is 2.58 bits per heavy atom. The van der Waals surface area contributed by atoms with Gasteiger partial charge in [0.05, 0.1) is 25.5 Å². The number of anilines is 1. The normalized spacial score (nSPS) is 10.1. The van der Waals surface area contributed by atoms with Gasteiger partial charge in [-0.1, -0.05) is 0 Å². The van der Waals surface area contributed by atoms with Gasteiger partial charge in [-0.25, -0.2) is 0 Å². The molecule has 6 heteroatoms. The number of nitrogen functional groups attached to an aromatic ring is 1. The summed E-state index contributed by atoms with van der Waals surface area (Å²) < 4.78 is 15.1. The standard InChI is InChI=1S/C13H20N2O4/c1-17-6-4-5-15-13(16)10-7-9(18-2)8-11(19-3)12(10)14/h7-8H,4-6,14H2,1-3H3,(H,15,16). The minimum Gasteiger partial charge on any atom is -0.497 e. The summed E-state index contributed by atoms with van der Waals surface area (Å²) in [6, 6.07) is 3.22. The lowest BCUT2D eigenvalue weighted by Gasteiger charge is -2.12. The second kappa shape index (κ2) is 7.48. The van der Waals surface area contributed by atoms with Crippen molar-refractivity contribution in [3.05, 3.63) is 17.7 Å². The molecule has 0 bridgehead atoms. The number of hydrogen-bond donors (Lipinski definition) is 2. The van der Waals surface area contributed by atoms with Crippen LogP contribution in [0.15, 0.2) is 12.1 Å². The highest BCUT2D eigenvalue weighted by molar-refractivity contribution is 6.00. The topological polar surface area (TPSA) is 82.8 Å². The van der Waals surface area contributed by atoms with Crippen molar-refractivity contribution < 1.29 is 19.0 Å². The smallest absolute Gasteiger partial charge is 0.253 e. The van der Waals surface area contributed by atoms with E-state index in [0.29, 0.717) is 35.9 Å². The van der Waals surface area contributed by atoms with Crippen LogP contribution >= 0.6 is 0 Å². The van der Waals surface area contributed by atoms with Crippen LogP contribution in [0.2, 0.25) is 0 Å². The van der Waals surface area contributed by atoms with Gasteiger partial charge in [-0.2, -0.15) is 0 Å². The van der Waals surface area contributed by atoms with Crippen molar-refractivity contribution in [3.8, 4) is 11.5 Å². The minimum absolute atomic E-state index is 0.259. The first-order chi connectivity index (χ1) is 9.13. The molecule has 0 aliphatic carbocycles. The summed E-state index contributed by atoms with van der Waals surface area (Å²) in [6.45, 7) is 1.11. The summed E-state index contributed by atoms with van der Waals surface area (Å²) in [4.78, 5) is 12.0. The summed E-state index contributed by atoms with van der Waals surface area (Å²) in [6.07, 6.45) is 0.739. The van der Waals surface area contributed by atoms with E-state index in [1.165, 1.54) is 14.2 Å². The summed E-state index contributed by atoms with van der Waals surface area (Å²) in [5, 5.41) is 2.77. The van der Waals surface area contributed by atoms with E-state index < -0.39 is 0 Å². The molecule has 1 rings (SSSR count). The molecule has 0 aromatic heterocycles. The Morgan fingerprint density at radius 1 is 1.26 bits per heavy atom. The van der Waals surface area contributed by atoms with Crippen molar-refractivity contribution in [2.45, 2.75) is 6.42 Å². The van der Waals surface area contributed by atoms with E-state index in [-0.39, 0.29) is 5.91 Å². The first kappa shape index (κ1) is 15.1. The fourth-order valence-corrected chi connectivity index (χ4v) is 1.59. The lowest BCUT2D eigenvalue weighted by molar-refractivity contribution is 0.0949. The summed E-state index contributed by atoms with van der Waals surface area (Å²) >= 11 is 0. The van der Waals surface area contributed by atoms with Crippen LogP contribution in [0.3, 0.4) is 0 Å². The van der Waals surface area contributed by atoms with Gasteiger partial charge in [0, 0.05) is 26.3 Å². The molecule has 0 saturated heterocycles. The number of hydrogen-bond acceptors (Lipinski definition) is 5. The summed E-state index contributed by atoms with van der Waals surface area (Å²) in [7, 11) is 4.63. The Balaban J connectivity index is 2.83. The number of ether oxygens (including phenoxy) is 3. The predicted octanol–water partition coefficient (Wildman–Crippen LogP) is 1.05. The third kappa shape index (κ3) is 4.03. The zero-order valence-electron chi connectivity index (χ0n) is 11.5. The van der Waals surface area contributed by atoms with Crippen molar-refractivity contribution in [3.63, 3.8) is 0 Å². The van der Waals surface area contributed by atoms with Crippen molar-refractivity contribution in [1.82, 2.24) is 5.32 Å². The van der Waals surface area contributed by atoms with E-state index in [1.807, 2.05) is 0 Å². The highest BCUT2D eigenvalue weighted by atomic mass is 16.5. The Morgan fingerprint density at radius 2 is 2.00 bits per heavy atom. The molecule has 0 unspecified atom stereocenters. The minimum atomic E-state index is -0.259. The maximum Gasteiger partial charge on any atom is 0.253 e. The molecule has 0 radical (unpaired) electrons. The number of nitrogens with one attached hydrogen (secondary N) is 1. The number of carbonyl (C=O) groups excluding carboxylic acids is 1. The summed E-state index contributed by atoms with van der Waals surface area (Å²) in [5.74, 6) is 0.681. The fourth-order valence-electron chi connectivity index (χ4n) is 1.59. The molecule has 6 nitrogen and oxygen atoms in total. The van der Waals surface area contributed by atoms with Gasteiger partial charge in [0.2, 0.25) is 0 Å². The Kier molecular flexibility index (Phi) is 5.95. The van der Waals surface area contributed by atoms with E-state index in [1.54, 1.807) is 19.2 Å². The van der Waals surface area contributed by atoms with Gasteiger partial charge in [0.1, 0.15) is 11.5 Å². The molecule has 0 saturated carbocycles. The molecule has 0 heterocycles. The Hall–Kier alpha value is -1.95. The molecular weight excluding hydrogens is 248 g/mol. The lowest BCUT2D eigenvalue weighted by atomic mass is 10.1. The molecule has 106 valence electrons. The van der Waals surface area contributed by atoms with Gasteiger partial charge in [-0.05, 0) is 12.5 Å². The fraction of sp³-hybridized carbons (Fsp3) is 0.462. The highest BCUT2D eigenvalue weighted by Crippen LogP contribution is 2.30. The third-order valence-corrected chi connectivity index (χ3v) is 2.63. The number of amides is 1. The van der Waals surface area contributed by atoms with E-state index in [9.17, 15) is 4.79 Å². The quantitative estimate of drug-likeness (QED) is 0.570. The molecule has 1 aromatic carbocycles. The van der Waals surface area contributed by atoms with Crippen molar-refractivity contribution in [1.29, 1.82) is 0 Å². The molecule has 0 aliphatic heterocycles. The summed E-state index contributed by atoms with van der Waals surface area (Å²) in [5.41, 5.74) is 6.52. The van der Waals surface area contributed by atoms with Gasteiger partial charge in [0.15, 0.2) is 0 Å².